The first kappa shape index (κ1) is 16.6. The van der Waals surface area contributed by atoms with Gasteiger partial charge in [0.2, 0.25) is 6.79 Å². The van der Waals surface area contributed by atoms with Crippen molar-refractivity contribution in [1.82, 2.24) is 4.90 Å². The lowest BCUT2D eigenvalue weighted by Crippen LogP contribution is -2.39. The van der Waals surface area contributed by atoms with Gasteiger partial charge >= 0.3 is 0 Å². The number of ketones is 2. The van der Waals surface area contributed by atoms with Crippen molar-refractivity contribution in [1.29, 1.82) is 0 Å². The smallest absolute Gasteiger partial charge is 0.231 e. The zero-order chi connectivity index (χ0) is 18.5. The van der Waals surface area contributed by atoms with Gasteiger partial charge in [-0.2, -0.15) is 0 Å². The Labute approximate surface area is 158 Å². The Morgan fingerprint density at radius 2 is 1.56 bits per heavy atom. The zero-order valence-corrected chi connectivity index (χ0v) is 15.5. The summed E-state index contributed by atoms with van der Waals surface area (Å²) in [5, 5.41) is 0. The highest BCUT2D eigenvalue weighted by molar-refractivity contribution is 6.06. The summed E-state index contributed by atoms with van der Waals surface area (Å²) >= 11 is 0. The van der Waals surface area contributed by atoms with Crippen LogP contribution < -0.4 is 9.47 Å². The number of ether oxygens (including phenoxy) is 2. The Hall–Kier alpha value is -2.56. The third-order valence-electron chi connectivity index (χ3n) is 6.13. The number of Topliss-reactive ketones (excluding diaryl/α,β-unsaturated/α-hetero) is 2. The quantitative estimate of drug-likeness (QED) is 0.797. The number of rotatable bonds is 2. The maximum absolute atomic E-state index is 13.0. The van der Waals surface area contributed by atoms with Crippen LogP contribution in [-0.2, 0) is 9.59 Å². The molecule has 0 spiro atoms. The third-order valence-corrected chi connectivity index (χ3v) is 6.13. The SMILES string of the molecule is CCN1C2=C(C(=O)CCC2)C(c2ccc3c(c2)OCO3)C2=C1CCCC2=O. The van der Waals surface area contributed by atoms with E-state index in [-0.39, 0.29) is 24.3 Å². The molecule has 0 fully saturated rings. The summed E-state index contributed by atoms with van der Waals surface area (Å²) in [7, 11) is 0. The first-order valence-electron chi connectivity index (χ1n) is 9.88. The standard InChI is InChI=1S/C22H23NO4/c1-2-23-14-5-3-7-16(24)21(14)20(22-15(23)6-4-8-17(22)25)13-9-10-18-19(11-13)27-12-26-18/h9-11,20H,2-8,12H2,1H3. The van der Waals surface area contributed by atoms with Crippen LogP contribution in [0.1, 0.15) is 56.9 Å². The third kappa shape index (κ3) is 2.44. The molecular weight excluding hydrogens is 342 g/mol. The van der Waals surface area contributed by atoms with Crippen molar-refractivity contribution in [3.05, 3.63) is 46.3 Å². The van der Waals surface area contributed by atoms with Gasteiger partial charge in [-0.25, -0.2) is 0 Å². The van der Waals surface area contributed by atoms with Gasteiger partial charge in [0.25, 0.3) is 0 Å². The molecule has 1 aromatic carbocycles. The first-order valence-corrected chi connectivity index (χ1v) is 9.88. The second kappa shape index (κ2) is 6.25. The number of fused-ring (bicyclic) bond motifs is 1. The lowest BCUT2D eigenvalue weighted by molar-refractivity contribution is -0.117. The normalized spacial score (nSPS) is 22.3. The van der Waals surface area contributed by atoms with Gasteiger partial charge in [-0.3, -0.25) is 9.59 Å². The van der Waals surface area contributed by atoms with Crippen LogP contribution in [0.3, 0.4) is 0 Å². The van der Waals surface area contributed by atoms with E-state index in [0.29, 0.717) is 18.6 Å². The minimum absolute atomic E-state index is 0.183. The van der Waals surface area contributed by atoms with Crippen molar-refractivity contribution >= 4 is 11.6 Å². The van der Waals surface area contributed by atoms with E-state index < -0.39 is 0 Å². The minimum Gasteiger partial charge on any atom is -0.454 e. The molecule has 140 valence electrons. The van der Waals surface area contributed by atoms with Gasteiger partial charge in [0.1, 0.15) is 0 Å². The van der Waals surface area contributed by atoms with E-state index in [0.717, 1.165) is 66.1 Å². The van der Waals surface area contributed by atoms with Crippen LogP contribution in [0.2, 0.25) is 0 Å². The van der Waals surface area contributed by atoms with Crippen molar-refractivity contribution in [3.63, 3.8) is 0 Å². The molecule has 0 radical (unpaired) electrons. The highest BCUT2D eigenvalue weighted by atomic mass is 16.7. The van der Waals surface area contributed by atoms with Crippen LogP contribution in [0.25, 0.3) is 0 Å². The summed E-state index contributed by atoms with van der Waals surface area (Å²) in [6.45, 7) is 3.12. The van der Waals surface area contributed by atoms with E-state index in [2.05, 4.69) is 11.8 Å². The van der Waals surface area contributed by atoms with Gasteiger partial charge in [-0.15, -0.1) is 0 Å². The highest BCUT2D eigenvalue weighted by Gasteiger charge is 2.43. The molecule has 0 aromatic heterocycles. The molecule has 0 unspecified atom stereocenters. The summed E-state index contributed by atoms with van der Waals surface area (Å²) in [6, 6.07) is 5.83. The fourth-order valence-corrected chi connectivity index (χ4v) is 5.02. The second-order valence-corrected chi connectivity index (χ2v) is 7.56. The van der Waals surface area contributed by atoms with E-state index in [1.54, 1.807) is 0 Å². The number of allylic oxidation sites excluding steroid dienone is 4. The largest absolute Gasteiger partial charge is 0.454 e. The molecule has 0 bridgehead atoms. The molecule has 5 nitrogen and oxygen atoms in total. The van der Waals surface area contributed by atoms with Gasteiger partial charge in [0.15, 0.2) is 23.1 Å². The summed E-state index contributed by atoms with van der Waals surface area (Å²) < 4.78 is 11.0. The Morgan fingerprint density at radius 1 is 0.926 bits per heavy atom. The summed E-state index contributed by atoms with van der Waals surface area (Å²) in [4.78, 5) is 28.3. The molecule has 0 saturated heterocycles. The minimum atomic E-state index is -0.270. The zero-order valence-electron chi connectivity index (χ0n) is 15.5. The molecular formula is C22H23NO4. The van der Waals surface area contributed by atoms with Gasteiger partial charge < -0.3 is 14.4 Å². The lowest BCUT2D eigenvalue weighted by atomic mass is 9.71. The summed E-state index contributed by atoms with van der Waals surface area (Å²) in [5.74, 6) is 1.51. The fraction of sp³-hybridized carbons (Fsp3) is 0.455. The van der Waals surface area contributed by atoms with Gasteiger partial charge in [0.05, 0.1) is 0 Å². The van der Waals surface area contributed by atoms with Crippen LogP contribution in [0, 0.1) is 0 Å². The first-order chi connectivity index (χ1) is 13.2. The Morgan fingerprint density at radius 3 is 2.19 bits per heavy atom. The van der Waals surface area contributed by atoms with Crippen molar-refractivity contribution in [2.75, 3.05) is 13.3 Å². The van der Waals surface area contributed by atoms with Crippen molar-refractivity contribution in [2.24, 2.45) is 0 Å². The Kier molecular flexibility index (Phi) is 3.85. The Balaban J connectivity index is 1.73. The molecule has 27 heavy (non-hydrogen) atoms. The number of hydrogen-bond donors (Lipinski definition) is 0. The van der Waals surface area contributed by atoms with E-state index in [1.807, 2.05) is 18.2 Å². The van der Waals surface area contributed by atoms with Crippen LogP contribution in [-0.4, -0.2) is 29.8 Å². The Bertz CT molecular complexity index is 867. The summed E-state index contributed by atoms with van der Waals surface area (Å²) in [5.41, 5.74) is 4.88. The maximum atomic E-state index is 13.0. The van der Waals surface area contributed by atoms with Crippen LogP contribution in [0.4, 0.5) is 0 Å². The predicted octanol–water partition coefficient (Wildman–Crippen LogP) is 3.85. The van der Waals surface area contributed by atoms with E-state index in [9.17, 15) is 9.59 Å². The average Bonchev–Trinajstić information content (AvgIpc) is 3.14. The molecule has 0 atom stereocenters. The van der Waals surface area contributed by atoms with Gasteiger partial charge in [-0.05, 0) is 50.3 Å². The molecule has 0 amide bonds. The monoisotopic (exact) mass is 365 g/mol. The van der Waals surface area contributed by atoms with E-state index in [4.69, 9.17) is 9.47 Å². The van der Waals surface area contributed by atoms with Crippen LogP contribution in [0.15, 0.2) is 40.7 Å². The summed E-state index contributed by atoms with van der Waals surface area (Å²) in [6.07, 6.45) is 4.71. The van der Waals surface area contributed by atoms with Gasteiger partial charge in [0, 0.05) is 47.8 Å². The lowest BCUT2D eigenvalue weighted by Gasteiger charge is -2.43. The van der Waals surface area contributed by atoms with E-state index >= 15 is 0 Å². The van der Waals surface area contributed by atoms with E-state index in [1.165, 1.54) is 0 Å². The highest BCUT2D eigenvalue weighted by Crippen LogP contribution is 2.50. The second-order valence-electron chi connectivity index (χ2n) is 7.56. The molecule has 2 aliphatic heterocycles. The molecule has 0 N–H and O–H groups in total. The fourth-order valence-electron chi connectivity index (χ4n) is 5.02. The van der Waals surface area contributed by atoms with Gasteiger partial charge in [-0.1, -0.05) is 6.07 Å². The maximum Gasteiger partial charge on any atom is 0.231 e. The number of nitrogens with zero attached hydrogens (tertiary/aromatic N) is 1. The van der Waals surface area contributed by atoms with Crippen molar-refractivity contribution < 1.29 is 19.1 Å². The number of carbonyl (C=O) groups excluding carboxylic acids is 2. The molecule has 4 aliphatic rings. The molecule has 0 saturated carbocycles. The average molecular weight is 365 g/mol. The topological polar surface area (TPSA) is 55.8 Å². The predicted molar refractivity (Wildman–Crippen MR) is 99.5 cm³/mol. The molecule has 1 aromatic rings. The van der Waals surface area contributed by atoms with Crippen molar-refractivity contribution in [3.8, 4) is 11.5 Å². The number of carbonyl (C=O) groups is 2. The molecule has 2 aliphatic carbocycles. The molecule has 5 heteroatoms. The molecule has 5 rings (SSSR count). The van der Waals surface area contributed by atoms with Crippen molar-refractivity contribution in [2.45, 2.75) is 51.4 Å². The van der Waals surface area contributed by atoms with Crippen LogP contribution >= 0.6 is 0 Å². The number of hydrogen-bond acceptors (Lipinski definition) is 5. The number of benzene rings is 1. The molecule has 2 heterocycles. The van der Waals surface area contributed by atoms with Crippen LogP contribution in [0.5, 0.6) is 11.5 Å².